The molecule has 1 aliphatic heterocycles. The second-order valence-electron chi connectivity index (χ2n) is 6.98. The first-order chi connectivity index (χ1) is 14.4. The Balaban J connectivity index is 1.86. The van der Waals surface area contributed by atoms with E-state index in [-0.39, 0.29) is 24.5 Å². The van der Waals surface area contributed by atoms with Crippen molar-refractivity contribution in [2.24, 2.45) is 5.10 Å². The number of amides is 3. The highest BCUT2D eigenvalue weighted by atomic mass is 35.5. The quantitative estimate of drug-likeness (QED) is 0.762. The van der Waals surface area contributed by atoms with Gasteiger partial charge in [-0.05, 0) is 54.4 Å². The van der Waals surface area contributed by atoms with Crippen LogP contribution in [0.2, 0.25) is 5.02 Å². The van der Waals surface area contributed by atoms with Crippen LogP contribution in [-0.4, -0.2) is 54.8 Å². The summed E-state index contributed by atoms with van der Waals surface area (Å²) in [6.45, 7) is 2.25. The summed E-state index contributed by atoms with van der Waals surface area (Å²) in [4.78, 5) is 26.4. The molecular weight excluding hydrogens is 404 g/mol. The molecule has 7 nitrogen and oxygen atoms in total. The largest absolute Gasteiger partial charge is 0.497 e. The van der Waals surface area contributed by atoms with Gasteiger partial charge in [-0.1, -0.05) is 23.7 Å². The SMILES string of the molecule is CCNC(=O)N(C)CC(=O)N1N=C(c2ccc(OC)cc2)CC1c1ccc(Cl)cc1. The molecule has 0 aromatic heterocycles. The number of nitrogens with one attached hydrogen (secondary N) is 1. The second kappa shape index (κ2) is 9.63. The lowest BCUT2D eigenvalue weighted by molar-refractivity contribution is -0.133. The molecule has 1 aliphatic rings. The molecule has 0 fully saturated rings. The molecule has 3 rings (SSSR count). The third kappa shape index (κ3) is 4.91. The minimum atomic E-state index is -0.299. The Kier molecular flexibility index (Phi) is 6.95. The van der Waals surface area contributed by atoms with E-state index in [4.69, 9.17) is 16.3 Å². The zero-order chi connectivity index (χ0) is 21.7. The number of rotatable bonds is 6. The Morgan fingerprint density at radius 2 is 1.87 bits per heavy atom. The fourth-order valence-electron chi connectivity index (χ4n) is 3.28. The lowest BCUT2D eigenvalue weighted by atomic mass is 9.98. The minimum Gasteiger partial charge on any atom is -0.497 e. The van der Waals surface area contributed by atoms with E-state index in [1.165, 1.54) is 9.91 Å². The highest BCUT2D eigenvalue weighted by molar-refractivity contribution is 6.30. The number of urea groups is 1. The van der Waals surface area contributed by atoms with Crippen LogP contribution in [0.15, 0.2) is 53.6 Å². The Bertz CT molecular complexity index is 928. The molecular formula is C22H25ClN4O3. The van der Waals surface area contributed by atoms with E-state index in [9.17, 15) is 9.59 Å². The number of halogens is 1. The van der Waals surface area contributed by atoms with Crippen molar-refractivity contribution in [3.05, 3.63) is 64.7 Å². The monoisotopic (exact) mass is 428 g/mol. The molecule has 1 heterocycles. The number of hydrazone groups is 1. The maximum Gasteiger partial charge on any atom is 0.317 e. The van der Waals surface area contributed by atoms with Crippen molar-refractivity contribution >= 4 is 29.3 Å². The number of likely N-dealkylation sites (N-methyl/N-ethyl adjacent to an activating group) is 1. The molecule has 0 aliphatic carbocycles. The molecule has 0 spiro atoms. The van der Waals surface area contributed by atoms with Crippen molar-refractivity contribution in [2.75, 3.05) is 27.2 Å². The molecule has 0 radical (unpaired) electrons. The number of benzene rings is 2. The molecule has 30 heavy (non-hydrogen) atoms. The number of carbonyl (C=O) groups is 2. The first kappa shape index (κ1) is 21.6. The Morgan fingerprint density at radius 3 is 2.47 bits per heavy atom. The lowest BCUT2D eigenvalue weighted by Gasteiger charge is -2.25. The summed E-state index contributed by atoms with van der Waals surface area (Å²) >= 11 is 6.03. The first-order valence-electron chi connectivity index (χ1n) is 9.71. The molecule has 2 aromatic rings. The van der Waals surface area contributed by atoms with Crippen molar-refractivity contribution in [1.29, 1.82) is 0 Å². The van der Waals surface area contributed by atoms with Gasteiger partial charge in [0, 0.05) is 25.0 Å². The molecule has 0 saturated carbocycles. The van der Waals surface area contributed by atoms with Crippen molar-refractivity contribution in [2.45, 2.75) is 19.4 Å². The van der Waals surface area contributed by atoms with E-state index >= 15 is 0 Å². The number of carbonyl (C=O) groups excluding carboxylic acids is 2. The van der Waals surface area contributed by atoms with Gasteiger partial charge in [-0.25, -0.2) is 9.80 Å². The molecule has 2 aromatic carbocycles. The van der Waals surface area contributed by atoms with E-state index < -0.39 is 0 Å². The van der Waals surface area contributed by atoms with E-state index in [1.54, 1.807) is 26.3 Å². The number of hydrogen-bond acceptors (Lipinski definition) is 4. The van der Waals surface area contributed by atoms with Crippen LogP contribution in [0.3, 0.4) is 0 Å². The van der Waals surface area contributed by atoms with Gasteiger partial charge in [0.15, 0.2) is 0 Å². The highest BCUT2D eigenvalue weighted by Gasteiger charge is 2.33. The second-order valence-corrected chi connectivity index (χ2v) is 7.41. The van der Waals surface area contributed by atoms with Gasteiger partial charge in [-0.3, -0.25) is 4.79 Å². The van der Waals surface area contributed by atoms with Crippen molar-refractivity contribution in [3.63, 3.8) is 0 Å². The molecule has 0 bridgehead atoms. The van der Waals surface area contributed by atoms with Crippen molar-refractivity contribution < 1.29 is 14.3 Å². The van der Waals surface area contributed by atoms with Gasteiger partial charge in [0.2, 0.25) is 0 Å². The normalized spacial score (nSPS) is 15.5. The predicted molar refractivity (Wildman–Crippen MR) is 117 cm³/mol. The van der Waals surface area contributed by atoms with Crippen LogP contribution in [-0.2, 0) is 4.79 Å². The molecule has 1 unspecified atom stereocenters. The summed E-state index contributed by atoms with van der Waals surface area (Å²) in [6, 6.07) is 14.4. The van der Waals surface area contributed by atoms with Crippen molar-refractivity contribution in [3.8, 4) is 5.75 Å². The third-order valence-corrected chi connectivity index (χ3v) is 5.14. The zero-order valence-corrected chi connectivity index (χ0v) is 18.0. The number of methoxy groups -OCH3 is 1. The lowest BCUT2D eigenvalue weighted by Crippen LogP contribution is -2.43. The molecule has 158 valence electrons. The highest BCUT2D eigenvalue weighted by Crippen LogP contribution is 2.33. The number of ether oxygens (including phenoxy) is 1. The summed E-state index contributed by atoms with van der Waals surface area (Å²) in [5.74, 6) is 0.496. The van der Waals surface area contributed by atoms with Gasteiger partial charge in [-0.15, -0.1) is 0 Å². The van der Waals surface area contributed by atoms with Gasteiger partial charge in [-0.2, -0.15) is 5.10 Å². The van der Waals surface area contributed by atoms with Crippen LogP contribution in [0.1, 0.15) is 30.5 Å². The van der Waals surface area contributed by atoms with Crippen LogP contribution in [0.5, 0.6) is 5.75 Å². The molecule has 1 atom stereocenters. The summed E-state index contributed by atoms with van der Waals surface area (Å²) in [7, 11) is 3.20. The van der Waals surface area contributed by atoms with E-state index in [2.05, 4.69) is 10.4 Å². The van der Waals surface area contributed by atoms with Crippen molar-refractivity contribution in [1.82, 2.24) is 15.2 Å². The maximum absolute atomic E-state index is 13.0. The average Bonchev–Trinajstić information content (AvgIpc) is 3.20. The van der Waals surface area contributed by atoms with Gasteiger partial charge in [0.25, 0.3) is 5.91 Å². The maximum atomic E-state index is 13.0. The van der Waals surface area contributed by atoms with Gasteiger partial charge in [0.1, 0.15) is 12.3 Å². The summed E-state index contributed by atoms with van der Waals surface area (Å²) in [6.07, 6.45) is 0.560. The predicted octanol–water partition coefficient (Wildman–Crippen LogP) is 3.69. The topological polar surface area (TPSA) is 74.2 Å². The fraction of sp³-hybridized carbons (Fsp3) is 0.318. The Labute approximate surface area is 181 Å². The van der Waals surface area contributed by atoms with Crippen LogP contribution in [0.4, 0.5) is 4.79 Å². The van der Waals surface area contributed by atoms with E-state index in [0.717, 1.165) is 22.6 Å². The number of hydrogen-bond donors (Lipinski definition) is 1. The summed E-state index contributed by atoms with van der Waals surface area (Å²) in [5.41, 5.74) is 2.65. The van der Waals surface area contributed by atoms with Crippen LogP contribution < -0.4 is 10.1 Å². The van der Waals surface area contributed by atoms with Crippen LogP contribution in [0, 0.1) is 0 Å². The van der Waals surface area contributed by atoms with Gasteiger partial charge in [0.05, 0.1) is 18.9 Å². The summed E-state index contributed by atoms with van der Waals surface area (Å²) < 4.78 is 5.22. The zero-order valence-electron chi connectivity index (χ0n) is 17.3. The molecule has 8 heteroatoms. The average molecular weight is 429 g/mol. The smallest absolute Gasteiger partial charge is 0.317 e. The minimum absolute atomic E-state index is 0.0741. The van der Waals surface area contributed by atoms with Gasteiger partial charge < -0.3 is 15.0 Å². The Morgan fingerprint density at radius 1 is 1.20 bits per heavy atom. The number of nitrogens with zero attached hydrogens (tertiary/aromatic N) is 3. The Hall–Kier alpha value is -3.06. The molecule has 3 amide bonds. The fourth-order valence-corrected chi connectivity index (χ4v) is 3.40. The van der Waals surface area contributed by atoms with Crippen LogP contribution in [0.25, 0.3) is 0 Å². The molecule has 1 N–H and O–H groups in total. The van der Waals surface area contributed by atoms with Gasteiger partial charge >= 0.3 is 6.03 Å². The van der Waals surface area contributed by atoms with Crippen LogP contribution >= 0.6 is 11.6 Å². The third-order valence-electron chi connectivity index (χ3n) is 4.89. The first-order valence-corrected chi connectivity index (χ1v) is 10.1. The van der Waals surface area contributed by atoms with E-state index in [0.29, 0.717) is 18.0 Å². The van der Waals surface area contributed by atoms with E-state index in [1.807, 2.05) is 43.3 Å². The summed E-state index contributed by atoms with van der Waals surface area (Å²) in [5, 5.41) is 9.41. The molecule has 0 saturated heterocycles. The standard InChI is InChI=1S/C22H25ClN4O3/c1-4-24-22(29)26(2)14-21(28)27-20(16-5-9-17(23)10-6-16)13-19(25-27)15-7-11-18(30-3)12-8-15/h5-12,20H,4,13-14H2,1-3H3,(H,24,29).